The van der Waals surface area contributed by atoms with Crippen LogP contribution in [0.1, 0.15) is 5.82 Å². The molecule has 126 valence electrons. The highest BCUT2D eigenvalue weighted by Gasteiger charge is 2.14. The van der Waals surface area contributed by atoms with Crippen LogP contribution in [-0.2, 0) is 6.61 Å². The van der Waals surface area contributed by atoms with Gasteiger partial charge in [0.25, 0.3) is 0 Å². The third-order valence-electron chi connectivity index (χ3n) is 3.98. The fraction of sp³-hybridized carbons (Fsp3) is 0.0526. The minimum absolute atomic E-state index is 0.305. The number of pyridine rings is 1. The van der Waals surface area contributed by atoms with E-state index in [1.807, 2.05) is 60.7 Å². The Hall–Kier alpha value is -3.32. The van der Waals surface area contributed by atoms with Gasteiger partial charge in [-0.15, -0.1) is 10.2 Å². The molecular formula is C19H13N5OS. The van der Waals surface area contributed by atoms with Gasteiger partial charge in [-0.3, -0.25) is 0 Å². The van der Waals surface area contributed by atoms with Crippen LogP contribution in [0.2, 0.25) is 0 Å². The quantitative estimate of drug-likeness (QED) is 0.486. The summed E-state index contributed by atoms with van der Waals surface area (Å²) in [5.74, 6) is 1.45. The summed E-state index contributed by atoms with van der Waals surface area (Å²) in [6.45, 7) is 0.305. The van der Waals surface area contributed by atoms with Crippen molar-refractivity contribution in [2.45, 2.75) is 6.61 Å². The minimum Gasteiger partial charge on any atom is -0.486 e. The third-order valence-corrected chi connectivity index (χ3v) is 4.91. The highest BCUT2D eigenvalue weighted by Crippen LogP contribution is 2.26. The summed E-state index contributed by atoms with van der Waals surface area (Å²) in [6.07, 6.45) is 0. The minimum atomic E-state index is 0.305. The lowest BCUT2D eigenvalue weighted by molar-refractivity contribution is 0.293. The Kier molecular flexibility index (Phi) is 3.57. The Morgan fingerprint density at radius 2 is 1.73 bits per heavy atom. The Labute approximate surface area is 152 Å². The number of ether oxygens (including phenoxy) is 1. The van der Waals surface area contributed by atoms with Gasteiger partial charge in [-0.05, 0) is 24.3 Å². The molecule has 2 aromatic carbocycles. The molecule has 3 aromatic heterocycles. The SMILES string of the molecule is c1ccc(OCc2nnc3sc(-c4ccc5ccccc5n4)nn23)cc1. The number of fused-ring (bicyclic) bond motifs is 2. The highest BCUT2D eigenvalue weighted by atomic mass is 32.1. The van der Waals surface area contributed by atoms with Crippen molar-refractivity contribution in [2.75, 3.05) is 0 Å². The zero-order valence-corrected chi connectivity index (χ0v) is 14.4. The van der Waals surface area contributed by atoms with E-state index in [-0.39, 0.29) is 0 Å². The molecule has 5 rings (SSSR count). The Bertz CT molecular complexity index is 1200. The second-order valence-corrected chi connectivity index (χ2v) is 6.66. The van der Waals surface area contributed by atoms with Gasteiger partial charge >= 0.3 is 0 Å². The number of hydrogen-bond donors (Lipinski definition) is 0. The summed E-state index contributed by atoms with van der Waals surface area (Å²) in [4.78, 5) is 5.42. The monoisotopic (exact) mass is 359 g/mol. The third kappa shape index (κ3) is 2.68. The summed E-state index contributed by atoms with van der Waals surface area (Å²) in [7, 11) is 0. The average molecular weight is 359 g/mol. The lowest BCUT2D eigenvalue weighted by Crippen LogP contribution is -2.02. The number of benzene rings is 2. The summed E-state index contributed by atoms with van der Waals surface area (Å²) in [6, 6.07) is 21.7. The van der Waals surface area contributed by atoms with E-state index in [1.54, 1.807) is 4.52 Å². The lowest BCUT2D eigenvalue weighted by atomic mass is 10.2. The van der Waals surface area contributed by atoms with Crippen molar-refractivity contribution < 1.29 is 4.74 Å². The van der Waals surface area contributed by atoms with Crippen molar-refractivity contribution in [1.82, 2.24) is 24.8 Å². The molecule has 0 fully saturated rings. The molecule has 0 unspecified atom stereocenters. The van der Waals surface area contributed by atoms with Crippen LogP contribution in [0.5, 0.6) is 5.75 Å². The molecule has 0 aliphatic rings. The van der Waals surface area contributed by atoms with Gasteiger partial charge < -0.3 is 4.74 Å². The van der Waals surface area contributed by atoms with Gasteiger partial charge in [0.1, 0.15) is 18.1 Å². The summed E-state index contributed by atoms with van der Waals surface area (Å²) >= 11 is 1.46. The predicted molar refractivity (Wildman–Crippen MR) is 100 cm³/mol. The molecule has 0 spiro atoms. The molecule has 0 aliphatic carbocycles. The first-order valence-electron chi connectivity index (χ1n) is 8.12. The second kappa shape index (κ2) is 6.20. The van der Waals surface area contributed by atoms with Crippen LogP contribution in [0, 0.1) is 0 Å². The number of nitrogens with zero attached hydrogens (tertiary/aromatic N) is 5. The van der Waals surface area contributed by atoms with Crippen LogP contribution >= 0.6 is 11.3 Å². The molecule has 0 saturated heterocycles. The van der Waals surface area contributed by atoms with E-state index < -0.39 is 0 Å². The van der Waals surface area contributed by atoms with E-state index in [4.69, 9.17) is 9.72 Å². The maximum absolute atomic E-state index is 5.76. The maximum atomic E-state index is 5.76. The zero-order chi connectivity index (χ0) is 17.3. The molecule has 5 aromatic rings. The Balaban J connectivity index is 1.47. The smallest absolute Gasteiger partial charge is 0.235 e. The Morgan fingerprint density at radius 3 is 2.65 bits per heavy atom. The zero-order valence-electron chi connectivity index (χ0n) is 13.6. The fourth-order valence-corrected chi connectivity index (χ4v) is 3.53. The van der Waals surface area contributed by atoms with Crippen molar-refractivity contribution in [3.8, 4) is 16.5 Å². The lowest BCUT2D eigenvalue weighted by Gasteiger charge is -2.03. The van der Waals surface area contributed by atoms with Crippen molar-refractivity contribution in [3.05, 3.63) is 72.6 Å². The normalized spacial score (nSPS) is 11.2. The van der Waals surface area contributed by atoms with E-state index in [0.29, 0.717) is 12.4 Å². The first-order chi connectivity index (χ1) is 12.9. The van der Waals surface area contributed by atoms with E-state index in [9.17, 15) is 0 Å². The Morgan fingerprint density at radius 1 is 0.885 bits per heavy atom. The van der Waals surface area contributed by atoms with Crippen LogP contribution < -0.4 is 4.74 Å². The number of aromatic nitrogens is 5. The van der Waals surface area contributed by atoms with E-state index in [0.717, 1.165) is 32.3 Å². The van der Waals surface area contributed by atoms with Crippen molar-refractivity contribution >= 4 is 27.2 Å². The molecule has 0 amide bonds. The van der Waals surface area contributed by atoms with Gasteiger partial charge in [0, 0.05) is 5.39 Å². The van der Waals surface area contributed by atoms with E-state index in [1.165, 1.54) is 11.3 Å². The van der Waals surface area contributed by atoms with E-state index >= 15 is 0 Å². The van der Waals surface area contributed by atoms with Gasteiger partial charge in [0.15, 0.2) is 10.8 Å². The first-order valence-corrected chi connectivity index (χ1v) is 8.94. The topological polar surface area (TPSA) is 65.2 Å². The number of hydrogen-bond acceptors (Lipinski definition) is 6. The molecule has 0 radical (unpaired) electrons. The summed E-state index contributed by atoms with van der Waals surface area (Å²) < 4.78 is 7.48. The molecule has 0 N–H and O–H groups in total. The van der Waals surface area contributed by atoms with Crippen molar-refractivity contribution in [1.29, 1.82) is 0 Å². The predicted octanol–water partition coefficient (Wildman–Crippen LogP) is 3.98. The van der Waals surface area contributed by atoms with Crippen LogP contribution in [0.3, 0.4) is 0 Å². The molecule has 0 saturated carbocycles. The fourth-order valence-electron chi connectivity index (χ4n) is 2.70. The van der Waals surface area contributed by atoms with Gasteiger partial charge in [0.2, 0.25) is 4.96 Å². The highest BCUT2D eigenvalue weighted by molar-refractivity contribution is 7.19. The molecule has 7 heteroatoms. The van der Waals surface area contributed by atoms with Gasteiger partial charge in [-0.25, -0.2) is 4.98 Å². The molecular weight excluding hydrogens is 346 g/mol. The van der Waals surface area contributed by atoms with Gasteiger partial charge in [-0.1, -0.05) is 53.8 Å². The largest absolute Gasteiger partial charge is 0.486 e. The van der Waals surface area contributed by atoms with Crippen LogP contribution in [0.15, 0.2) is 66.7 Å². The van der Waals surface area contributed by atoms with Crippen LogP contribution in [0.4, 0.5) is 0 Å². The number of para-hydroxylation sites is 2. The number of rotatable bonds is 4. The van der Waals surface area contributed by atoms with Crippen LogP contribution in [-0.4, -0.2) is 24.8 Å². The standard InChI is InChI=1S/C19H13N5OS/c1-2-7-14(8-3-1)25-12-17-21-22-19-24(17)23-18(26-19)16-11-10-13-6-4-5-9-15(13)20-16/h1-11H,12H2. The van der Waals surface area contributed by atoms with Crippen molar-refractivity contribution in [2.24, 2.45) is 0 Å². The molecule has 6 nitrogen and oxygen atoms in total. The molecule has 3 heterocycles. The maximum Gasteiger partial charge on any atom is 0.235 e. The van der Waals surface area contributed by atoms with Crippen molar-refractivity contribution in [3.63, 3.8) is 0 Å². The summed E-state index contributed by atoms with van der Waals surface area (Å²) in [5.41, 5.74) is 1.78. The molecule has 0 bridgehead atoms. The van der Waals surface area contributed by atoms with Crippen LogP contribution in [0.25, 0.3) is 26.6 Å². The summed E-state index contributed by atoms with van der Waals surface area (Å²) in [5, 5.41) is 14.9. The second-order valence-electron chi connectivity index (χ2n) is 5.71. The average Bonchev–Trinajstić information content (AvgIpc) is 3.28. The molecule has 0 aliphatic heterocycles. The van der Waals surface area contributed by atoms with Gasteiger partial charge in [-0.2, -0.15) is 9.61 Å². The first kappa shape index (κ1) is 15.0. The molecule has 0 atom stereocenters. The van der Waals surface area contributed by atoms with Gasteiger partial charge in [0.05, 0.1) is 5.52 Å². The molecule has 26 heavy (non-hydrogen) atoms. The van der Waals surface area contributed by atoms with E-state index in [2.05, 4.69) is 21.4 Å².